The molecule has 0 atom stereocenters. The smallest absolute Gasteiger partial charge is 0.407 e. The number of nitrogens with zero attached hydrogens (tertiary/aromatic N) is 4. The first kappa shape index (κ1) is 26.3. The maximum Gasteiger partial charge on any atom is 0.407 e. The summed E-state index contributed by atoms with van der Waals surface area (Å²) in [6.07, 6.45) is 9.54. The zero-order valence-corrected chi connectivity index (χ0v) is 22.9. The zero-order chi connectivity index (χ0) is 27.6. The van der Waals surface area contributed by atoms with Crippen LogP contribution in [0.4, 0.5) is 16.3 Å². The average Bonchev–Trinajstić information content (AvgIpc) is 3.62. The number of allylic oxidation sites excluding steroid dienone is 1. The highest BCUT2D eigenvalue weighted by molar-refractivity contribution is 5.88. The first-order valence-corrected chi connectivity index (χ1v) is 13.3. The molecule has 1 amide bonds. The number of carbonyl (C=O) groups is 1. The fourth-order valence-corrected chi connectivity index (χ4v) is 4.56. The molecule has 0 unspecified atom stereocenters. The van der Waals surface area contributed by atoms with E-state index in [4.69, 9.17) is 4.74 Å². The van der Waals surface area contributed by atoms with Crippen molar-refractivity contribution in [2.45, 2.75) is 52.6 Å². The number of anilines is 2. The van der Waals surface area contributed by atoms with Crippen LogP contribution in [-0.4, -0.2) is 42.7 Å². The summed E-state index contributed by atoms with van der Waals surface area (Å²) in [5.41, 5.74) is 4.11. The van der Waals surface area contributed by atoms with Crippen molar-refractivity contribution >= 4 is 34.7 Å². The van der Waals surface area contributed by atoms with E-state index in [0.29, 0.717) is 18.9 Å². The van der Waals surface area contributed by atoms with Crippen molar-refractivity contribution in [3.63, 3.8) is 0 Å². The number of rotatable bonds is 9. The van der Waals surface area contributed by atoms with Crippen LogP contribution in [0.2, 0.25) is 0 Å². The third-order valence-electron chi connectivity index (χ3n) is 6.86. The Morgan fingerprint density at radius 1 is 1.18 bits per heavy atom. The van der Waals surface area contributed by atoms with Crippen LogP contribution in [0.3, 0.4) is 0 Å². The van der Waals surface area contributed by atoms with Gasteiger partial charge in [-0.05, 0) is 94.0 Å². The summed E-state index contributed by atoms with van der Waals surface area (Å²) in [6.45, 7) is 8.52. The minimum absolute atomic E-state index is 0.347. The van der Waals surface area contributed by atoms with E-state index in [0.717, 1.165) is 45.3 Å². The SMILES string of the molecule is Cc1cc(Nc2ncnc3ccn(CCN(C(=O)O)C(C)(C)C)c23)ccc1Oc1cccc(/C=C/C2CC2)c1. The molecule has 2 aromatic heterocycles. The van der Waals surface area contributed by atoms with Crippen molar-refractivity contribution in [3.8, 4) is 11.5 Å². The average molecular weight is 526 g/mol. The predicted octanol–water partition coefficient (Wildman–Crippen LogP) is 7.48. The van der Waals surface area contributed by atoms with Gasteiger partial charge in [-0.3, -0.25) is 0 Å². The summed E-state index contributed by atoms with van der Waals surface area (Å²) >= 11 is 0. The molecule has 0 aliphatic heterocycles. The number of hydrogen-bond donors (Lipinski definition) is 2. The molecule has 39 heavy (non-hydrogen) atoms. The van der Waals surface area contributed by atoms with Crippen LogP contribution >= 0.6 is 0 Å². The maximum absolute atomic E-state index is 11.8. The Bertz CT molecular complexity index is 1510. The van der Waals surface area contributed by atoms with Crippen LogP contribution in [0.1, 0.15) is 44.7 Å². The molecule has 8 heteroatoms. The van der Waals surface area contributed by atoms with E-state index in [-0.39, 0.29) is 0 Å². The molecule has 5 rings (SSSR count). The molecule has 2 aromatic carbocycles. The van der Waals surface area contributed by atoms with E-state index in [1.807, 2.05) is 74.9 Å². The Hall–Kier alpha value is -4.33. The van der Waals surface area contributed by atoms with Gasteiger partial charge in [-0.15, -0.1) is 0 Å². The highest BCUT2D eigenvalue weighted by atomic mass is 16.5. The number of ether oxygens (including phenoxy) is 1. The van der Waals surface area contributed by atoms with Gasteiger partial charge in [0.1, 0.15) is 23.3 Å². The molecule has 2 heterocycles. The number of benzene rings is 2. The summed E-state index contributed by atoms with van der Waals surface area (Å²) < 4.78 is 8.21. The minimum Gasteiger partial charge on any atom is -0.465 e. The summed E-state index contributed by atoms with van der Waals surface area (Å²) in [6, 6.07) is 16.0. The molecule has 2 N–H and O–H groups in total. The van der Waals surface area contributed by atoms with Crippen molar-refractivity contribution in [1.82, 2.24) is 19.4 Å². The number of amides is 1. The molecule has 0 saturated heterocycles. The molecule has 1 aliphatic rings. The molecular formula is C31H35N5O3. The number of fused-ring (bicyclic) bond motifs is 1. The van der Waals surface area contributed by atoms with E-state index in [1.165, 1.54) is 24.1 Å². The first-order valence-electron chi connectivity index (χ1n) is 13.3. The van der Waals surface area contributed by atoms with E-state index in [2.05, 4.69) is 39.6 Å². The van der Waals surface area contributed by atoms with Gasteiger partial charge >= 0.3 is 6.09 Å². The lowest BCUT2D eigenvalue weighted by Gasteiger charge is -2.33. The van der Waals surface area contributed by atoms with Crippen molar-refractivity contribution in [2.24, 2.45) is 5.92 Å². The Morgan fingerprint density at radius 2 is 2.00 bits per heavy atom. The van der Waals surface area contributed by atoms with Gasteiger partial charge in [-0.1, -0.05) is 24.3 Å². The largest absolute Gasteiger partial charge is 0.465 e. The molecule has 1 fully saturated rings. The van der Waals surface area contributed by atoms with E-state index in [1.54, 1.807) is 0 Å². The molecule has 8 nitrogen and oxygen atoms in total. The Kier molecular flexibility index (Phi) is 7.28. The number of aromatic nitrogens is 3. The second-order valence-corrected chi connectivity index (χ2v) is 11.0. The van der Waals surface area contributed by atoms with Gasteiger partial charge in [0.15, 0.2) is 5.82 Å². The fourth-order valence-electron chi connectivity index (χ4n) is 4.56. The van der Waals surface area contributed by atoms with Crippen LogP contribution in [0.5, 0.6) is 11.5 Å². The highest BCUT2D eigenvalue weighted by Crippen LogP contribution is 2.33. The summed E-state index contributed by atoms with van der Waals surface area (Å²) in [5.74, 6) is 2.98. The Balaban J connectivity index is 1.32. The van der Waals surface area contributed by atoms with Crippen LogP contribution in [-0.2, 0) is 6.54 Å². The van der Waals surface area contributed by atoms with Gasteiger partial charge in [-0.25, -0.2) is 14.8 Å². The number of carboxylic acid groups (broad SMARTS) is 1. The van der Waals surface area contributed by atoms with Gasteiger partial charge < -0.3 is 24.6 Å². The molecule has 0 bridgehead atoms. The van der Waals surface area contributed by atoms with Crippen molar-refractivity contribution in [1.29, 1.82) is 0 Å². The molecule has 202 valence electrons. The second kappa shape index (κ2) is 10.8. The maximum atomic E-state index is 11.8. The number of nitrogens with one attached hydrogen (secondary N) is 1. The van der Waals surface area contributed by atoms with Gasteiger partial charge in [0.05, 0.1) is 5.52 Å². The standard InChI is InChI=1S/C31H35N5O3/c1-21-18-24(12-13-27(21)39-25-7-5-6-23(19-25)11-10-22-8-9-22)34-29-28-26(32-20-33-29)14-15-35(28)16-17-36(30(37)38)31(2,3)4/h5-7,10-15,18-20,22H,8-9,16-17H2,1-4H3,(H,37,38)(H,32,33,34)/b11-10+. The van der Waals surface area contributed by atoms with Crippen molar-refractivity contribution < 1.29 is 14.6 Å². The topological polar surface area (TPSA) is 92.5 Å². The van der Waals surface area contributed by atoms with E-state index >= 15 is 0 Å². The van der Waals surface area contributed by atoms with Gasteiger partial charge in [-0.2, -0.15) is 0 Å². The van der Waals surface area contributed by atoms with Crippen LogP contribution < -0.4 is 10.1 Å². The van der Waals surface area contributed by atoms with Crippen LogP contribution in [0.15, 0.2) is 67.1 Å². The third-order valence-corrected chi connectivity index (χ3v) is 6.86. The lowest BCUT2D eigenvalue weighted by atomic mass is 10.1. The van der Waals surface area contributed by atoms with Crippen LogP contribution in [0, 0.1) is 12.8 Å². The second-order valence-electron chi connectivity index (χ2n) is 11.0. The number of hydrogen-bond acceptors (Lipinski definition) is 5. The highest BCUT2D eigenvalue weighted by Gasteiger charge is 2.26. The first-order chi connectivity index (χ1) is 18.7. The predicted molar refractivity (Wildman–Crippen MR) is 155 cm³/mol. The van der Waals surface area contributed by atoms with Gasteiger partial charge in [0, 0.05) is 30.5 Å². The zero-order valence-electron chi connectivity index (χ0n) is 22.9. The van der Waals surface area contributed by atoms with E-state index < -0.39 is 11.6 Å². The van der Waals surface area contributed by atoms with Gasteiger partial charge in [0.25, 0.3) is 0 Å². The van der Waals surface area contributed by atoms with Crippen LogP contribution in [0.25, 0.3) is 17.1 Å². The molecule has 1 saturated carbocycles. The lowest BCUT2D eigenvalue weighted by molar-refractivity contribution is 0.0981. The third kappa shape index (κ3) is 6.39. The minimum atomic E-state index is -0.937. The lowest BCUT2D eigenvalue weighted by Crippen LogP contribution is -2.46. The monoisotopic (exact) mass is 525 g/mol. The summed E-state index contributed by atoms with van der Waals surface area (Å²) in [5, 5.41) is 13.1. The molecule has 1 aliphatic carbocycles. The fraction of sp³-hybridized carbons (Fsp3) is 0.323. The van der Waals surface area contributed by atoms with Crippen molar-refractivity contribution in [2.75, 3.05) is 11.9 Å². The molecule has 0 radical (unpaired) electrons. The molecule has 4 aromatic rings. The normalized spacial score (nSPS) is 13.6. The Morgan fingerprint density at radius 3 is 2.72 bits per heavy atom. The molecular weight excluding hydrogens is 490 g/mol. The Labute approximate surface area is 229 Å². The molecule has 0 spiro atoms. The summed E-state index contributed by atoms with van der Waals surface area (Å²) in [7, 11) is 0. The number of aryl methyl sites for hydroxylation is 1. The summed E-state index contributed by atoms with van der Waals surface area (Å²) in [4.78, 5) is 22.1. The quantitative estimate of drug-likeness (QED) is 0.235. The van der Waals surface area contributed by atoms with Crippen molar-refractivity contribution in [3.05, 3.63) is 78.3 Å². The van der Waals surface area contributed by atoms with E-state index in [9.17, 15) is 9.90 Å². The van der Waals surface area contributed by atoms with Gasteiger partial charge in [0.2, 0.25) is 0 Å².